The number of ether oxygens (including phenoxy) is 1. The Morgan fingerprint density at radius 1 is 1.22 bits per heavy atom. The molecule has 2 aromatic rings. The summed E-state index contributed by atoms with van der Waals surface area (Å²) in [6.45, 7) is 1.93. The molecule has 7 heteroatoms. The molecule has 0 unspecified atom stereocenters. The lowest BCUT2D eigenvalue weighted by Gasteiger charge is -2.38. The number of benzene rings is 1. The van der Waals surface area contributed by atoms with Crippen LogP contribution in [0.3, 0.4) is 0 Å². The van der Waals surface area contributed by atoms with Crippen LogP contribution in [-0.2, 0) is 4.74 Å². The average Bonchev–Trinajstić information content (AvgIpc) is 3.12. The Hall–Kier alpha value is -2.54. The van der Waals surface area contributed by atoms with Gasteiger partial charge in [-0.2, -0.15) is 0 Å². The van der Waals surface area contributed by atoms with Crippen LogP contribution in [0.4, 0.5) is 10.1 Å². The molecule has 1 aromatic carbocycles. The first-order valence-electron chi connectivity index (χ1n) is 9.25. The fraction of sp³-hybridized carbons (Fsp3) is 0.450. The van der Waals surface area contributed by atoms with E-state index in [-0.39, 0.29) is 29.2 Å². The lowest BCUT2D eigenvalue weighted by atomic mass is 9.87. The zero-order valence-corrected chi connectivity index (χ0v) is 15.3. The molecule has 2 saturated heterocycles. The van der Waals surface area contributed by atoms with Crippen LogP contribution < -0.4 is 4.90 Å². The molecule has 6 nitrogen and oxygen atoms in total. The third kappa shape index (κ3) is 3.64. The van der Waals surface area contributed by atoms with E-state index in [1.807, 2.05) is 7.05 Å². The van der Waals surface area contributed by atoms with Gasteiger partial charge in [0.2, 0.25) is 5.82 Å². The maximum Gasteiger partial charge on any atom is 0.291 e. The number of aromatic nitrogens is 2. The highest BCUT2D eigenvalue weighted by molar-refractivity contribution is 5.90. The van der Waals surface area contributed by atoms with Crippen LogP contribution in [0.2, 0.25) is 0 Å². The van der Waals surface area contributed by atoms with Gasteiger partial charge in [0.1, 0.15) is 5.82 Å². The van der Waals surface area contributed by atoms with Crippen LogP contribution in [0.15, 0.2) is 42.7 Å². The highest BCUT2D eigenvalue weighted by Crippen LogP contribution is 2.38. The number of carbonyl (C=O) groups is 1. The van der Waals surface area contributed by atoms with Gasteiger partial charge in [0.25, 0.3) is 5.91 Å². The van der Waals surface area contributed by atoms with Crippen molar-refractivity contribution >= 4 is 11.6 Å². The number of hydrogen-bond donors (Lipinski definition) is 0. The smallest absolute Gasteiger partial charge is 0.291 e. The number of likely N-dealkylation sites (tertiary alicyclic amines) is 1. The molecule has 1 amide bonds. The Bertz CT molecular complexity index is 791. The first kappa shape index (κ1) is 17.9. The molecule has 4 rings (SSSR count). The predicted octanol–water partition coefficient (Wildman–Crippen LogP) is 2.52. The van der Waals surface area contributed by atoms with E-state index in [1.54, 1.807) is 35.5 Å². The third-order valence-corrected chi connectivity index (χ3v) is 5.69. The largest absolute Gasteiger partial charge is 0.373 e. The molecule has 1 aromatic heterocycles. The molecule has 0 bridgehead atoms. The molecule has 1 atom stereocenters. The summed E-state index contributed by atoms with van der Waals surface area (Å²) < 4.78 is 19.4. The van der Waals surface area contributed by atoms with Gasteiger partial charge in [0.05, 0.1) is 18.2 Å². The lowest BCUT2D eigenvalue weighted by Crippen LogP contribution is -2.47. The molecule has 0 saturated carbocycles. The molecular formula is C20H23FN4O2. The van der Waals surface area contributed by atoms with Crippen molar-refractivity contribution in [1.82, 2.24) is 14.9 Å². The SMILES string of the molecule is CN(c1ccc(F)cc1)[C@@H]1COC2(CCN(C(=O)c3ncccn3)CC2)C1. The van der Waals surface area contributed by atoms with E-state index >= 15 is 0 Å². The zero-order chi connectivity index (χ0) is 18.9. The fourth-order valence-corrected chi connectivity index (χ4v) is 3.97. The van der Waals surface area contributed by atoms with Crippen molar-refractivity contribution in [3.8, 4) is 0 Å². The number of anilines is 1. The van der Waals surface area contributed by atoms with Crippen LogP contribution in [0.5, 0.6) is 0 Å². The highest BCUT2D eigenvalue weighted by atomic mass is 19.1. The Morgan fingerprint density at radius 2 is 1.89 bits per heavy atom. The number of nitrogens with zero attached hydrogens (tertiary/aromatic N) is 4. The second-order valence-corrected chi connectivity index (χ2v) is 7.30. The molecule has 0 N–H and O–H groups in total. The summed E-state index contributed by atoms with van der Waals surface area (Å²) in [4.78, 5) is 24.6. The van der Waals surface area contributed by atoms with Crippen molar-refractivity contribution in [1.29, 1.82) is 0 Å². The second-order valence-electron chi connectivity index (χ2n) is 7.30. The molecule has 142 valence electrons. The maximum atomic E-state index is 13.2. The van der Waals surface area contributed by atoms with E-state index < -0.39 is 0 Å². The molecule has 1 spiro atoms. The Balaban J connectivity index is 1.36. The molecule has 27 heavy (non-hydrogen) atoms. The van der Waals surface area contributed by atoms with Gasteiger partial charge in [-0.3, -0.25) is 4.79 Å². The van der Waals surface area contributed by atoms with Crippen LogP contribution in [0.1, 0.15) is 29.9 Å². The van der Waals surface area contributed by atoms with Crippen molar-refractivity contribution in [2.75, 3.05) is 31.6 Å². The maximum absolute atomic E-state index is 13.2. The minimum Gasteiger partial charge on any atom is -0.373 e. The number of rotatable bonds is 3. The van der Waals surface area contributed by atoms with Crippen LogP contribution in [0, 0.1) is 5.82 Å². The van der Waals surface area contributed by atoms with Gasteiger partial charge < -0.3 is 14.5 Å². The van der Waals surface area contributed by atoms with E-state index in [2.05, 4.69) is 14.9 Å². The van der Waals surface area contributed by atoms with Crippen LogP contribution in [0.25, 0.3) is 0 Å². The summed E-state index contributed by atoms with van der Waals surface area (Å²) in [7, 11) is 2.02. The van der Waals surface area contributed by atoms with Crippen molar-refractivity contribution < 1.29 is 13.9 Å². The number of hydrogen-bond acceptors (Lipinski definition) is 5. The quantitative estimate of drug-likeness (QED) is 0.831. The van der Waals surface area contributed by atoms with Gasteiger partial charge in [-0.25, -0.2) is 14.4 Å². The average molecular weight is 370 g/mol. The summed E-state index contributed by atoms with van der Waals surface area (Å²) in [5.74, 6) is -0.108. The first-order valence-corrected chi connectivity index (χ1v) is 9.25. The minimum atomic E-state index is -0.231. The second kappa shape index (κ2) is 7.23. The number of halogens is 1. The van der Waals surface area contributed by atoms with Gasteiger partial charge in [0.15, 0.2) is 0 Å². The number of piperidine rings is 1. The van der Waals surface area contributed by atoms with Gasteiger partial charge in [0, 0.05) is 38.2 Å². The molecular weight excluding hydrogens is 347 g/mol. The lowest BCUT2D eigenvalue weighted by molar-refractivity contribution is -0.0390. The van der Waals surface area contributed by atoms with Gasteiger partial charge in [-0.1, -0.05) is 0 Å². The summed E-state index contributed by atoms with van der Waals surface area (Å²) in [5.41, 5.74) is 0.795. The van der Waals surface area contributed by atoms with Gasteiger partial charge in [-0.15, -0.1) is 0 Å². The monoisotopic (exact) mass is 370 g/mol. The van der Waals surface area contributed by atoms with Crippen molar-refractivity contribution in [3.63, 3.8) is 0 Å². The summed E-state index contributed by atoms with van der Waals surface area (Å²) >= 11 is 0. The summed E-state index contributed by atoms with van der Waals surface area (Å²) in [6.07, 6.45) is 5.69. The van der Waals surface area contributed by atoms with Gasteiger partial charge in [-0.05, 0) is 49.6 Å². The first-order chi connectivity index (χ1) is 13.1. The van der Waals surface area contributed by atoms with Crippen LogP contribution in [-0.4, -0.2) is 59.2 Å². The molecule has 2 aliphatic heterocycles. The fourth-order valence-electron chi connectivity index (χ4n) is 3.97. The topological polar surface area (TPSA) is 58.6 Å². The molecule has 3 heterocycles. The van der Waals surface area contributed by atoms with Crippen LogP contribution >= 0.6 is 0 Å². The minimum absolute atomic E-state index is 0.122. The van der Waals surface area contributed by atoms with E-state index in [1.165, 1.54) is 12.1 Å². The predicted molar refractivity (Wildman–Crippen MR) is 99.1 cm³/mol. The van der Waals surface area contributed by atoms with E-state index in [0.717, 1.165) is 24.9 Å². The molecule has 2 fully saturated rings. The Kier molecular flexibility index (Phi) is 4.78. The molecule has 0 aliphatic carbocycles. The number of likely N-dealkylation sites (N-methyl/N-ethyl adjacent to an activating group) is 1. The number of amides is 1. The van der Waals surface area contributed by atoms with Gasteiger partial charge >= 0.3 is 0 Å². The highest BCUT2D eigenvalue weighted by Gasteiger charge is 2.44. The van der Waals surface area contributed by atoms with Crippen molar-refractivity contribution in [2.45, 2.75) is 30.9 Å². The van der Waals surface area contributed by atoms with Crippen molar-refractivity contribution in [2.24, 2.45) is 0 Å². The van der Waals surface area contributed by atoms with E-state index in [0.29, 0.717) is 19.7 Å². The summed E-state index contributed by atoms with van der Waals surface area (Å²) in [6, 6.07) is 8.49. The zero-order valence-electron chi connectivity index (χ0n) is 15.3. The molecule has 2 aliphatic rings. The number of carbonyl (C=O) groups excluding carboxylic acids is 1. The molecule has 0 radical (unpaired) electrons. The van der Waals surface area contributed by atoms with Crippen molar-refractivity contribution in [3.05, 3.63) is 54.4 Å². The Labute approximate surface area is 158 Å². The van der Waals surface area contributed by atoms with E-state index in [4.69, 9.17) is 4.74 Å². The Morgan fingerprint density at radius 3 is 2.56 bits per heavy atom. The third-order valence-electron chi connectivity index (χ3n) is 5.69. The standard InChI is InChI=1S/C20H23FN4O2/c1-24(16-5-3-15(21)4-6-16)17-13-20(27-14-17)7-11-25(12-8-20)19(26)18-22-9-2-10-23-18/h2-6,9-10,17H,7-8,11-14H2,1H3/t17-/m0/s1. The summed E-state index contributed by atoms with van der Waals surface area (Å²) in [5, 5.41) is 0. The normalized spacial score (nSPS) is 21.4. The van der Waals surface area contributed by atoms with E-state index in [9.17, 15) is 9.18 Å².